The van der Waals surface area contributed by atoms with Gasteiger partial charge in [-0.2, -0.15) is 0 Å². The molecule has 0 aliphatic rings. The number of benzene rings is 1. The summed E-state index contributed by atoms with van der Waals surface area (Å²) >= 11 is 3.29. The molecule has 1 unspecified atom stereocenters. The van der Waals surface area contributed by atoms with Crippen molar-refractivity contribution in [3.05, 3.63) is 34.1 Å². The molecule has 1 atom stereocenters. The van der Waals surface area contributed by atoms with Crippen molar-refractivity contribution in [3.63, 3.8) is 0 Å². The fourth-order valence-corrected chi connectivity index (χ4v) is 1.94. The van der Waals surface area contributed by atoms with Gasteiger partial charge in [0.1, 0.15) is 5.82 Å². The second-order valence-corrected chi connectivity index (χ2v) is 6.90. The van der Waals surface area contributed by atoms with Crippen LogP contribution in [0.2, 0.25) is 0 Å². The number of amides is 1. The third-order valence-corrected chi connectivity index (χ3v) is 3.95. The smallest absolute Gasteiger partial charge is 0.220 e. The SMILES string of the molecule is CC(CC(=O)NCc1cc(Br)ccc1F)C(C)(C)C. The standard InChI is InChI=1S/C15H21BrFNO/c1-10(15(2,3)4)7-14(19)18-9-11-8-12(16)5-6-13(11)17/h5-6,8,10H,7,9H2,1-4H3,(H,18,19). The van der Waals surface area contributed by atoms with E-state index < -0.39 is 0 Å². The van der Waals surface area contributed by atoms with Gasteiger partial charge in [-0.1, -0.05) is 43.6 Å². The van der Waals surface area contributed by atoms with Crippen molar-refractivity contribution in [1.82, 2.24) is 5.32 Å². The highest BCUT2D eigenvalue weighted by Gasteiger charge is 2.22. The van der Waals surface area contributed by atoms with E-state index in [0.29, 0.717) is 12.0 Å². The summed E-state index contributed by atoms with van der Waals surface area (Å²) < 4.78 is 14.3. The maximum Gasteiger partial charge on any atom is 0.220 e. The van der Waals surface area contributed by atoms with Gasteiger partial charge >= 0.3 is 0 Å². The first kappa shape index (κ1) is 16.2. The molecule has 0 saturated carbocycles. The molecule has 1 aromatic rings. The number of halogens is 2. The van der Waals surface area contributed by atoms with Crippen LogP contribution in [0, 0.1) is 17.2 Å². The van der Waals surface area contributed by atoms with E-state index in [0.717, 1.165) is 4.47 Å². The maximum absolute atomic E-state index is 13.5. The highest BCUT2D eigenvalue weighted by Crippen LogP contribution is 2.27. The van der Waals surface area contributed by atoms with Crippen LogP contribution >= 0.6 is 15.9 Å². The van der Waals surface area contributed by atoms with Crippen LogP contribution in [-0.4, -0.2) is 5.91 Å². The van der Waals surface area contributed by atoms with Gasteiger partial charge in [-0.25, -0.2) is 4.39 Å². The Balaban J connectivity index is 2.53. The average molecular weight is 330 g/mol. The number of carbonyl (C=O) groups excluding carboxylic acids is 1. The molecule has 0 bridgehead atoms. The molecular formula is C15H21BrFNO. The second-order valence-electron chi connectivity index (χ2n) is 5.98. The van der Waals surface area contributed by atoms with Crippen molar-refractivity contribution in [2.45, 2.75) is 40.7 Å². The van der Waals surface area contributed by atoms with E-state index in [1.54, 1.807) is 12.1 Å². The van der Waals surface area contributed by atoms with Gasteiger partial charge in [-0.05, 0) is 29.5 Å². The molecule has 19 heavy (non-hydrogen) atoms. The summed E-state index contributed by atoms with van der Waals surface area (Å²) in [5, 5.41) is 2.77. The van der Waals surface area contributed by atoms with Crippen molar-refractivity contribution in [2.24, 2.45) is 11.3 Å². The summed E-state index contributed by atoms with van der Waals surface area (Å²) in [4.78, 5) is 11.8. The Morgan fingerprint density at radius 1 is 1.42 bits per heavy atom. The lowest BCUT2D eigenvalue weighted by Gasteiger charge is -2.26. The number of rotatable bonds is 4. The molecule has 1 amide bonds. The van der Waals surface area contributed by atoms with E-state index in [1.807, 2.05) is 0 Å². The van der Waals surface area contributed by atoms with E-state index in [4.69, 9.17) is 0 Å². The third kappa shape index (κ3) is 5.31. The molecular weight excluding hydrogens is 309 g/mol. The number of nitrogens with one attached hydrogen (secondary N) is 1. The lowest BCUT2D eigenvalue weighted by Crippen LogP contribution is -2.29. The lowest BCUT2D eigenvalue weighted by atomic mass is 9.80. The molecule has 0 radical (unpaired) electrons. The fourth-order valence-electron chi connectivity index (χ4n) is 1.53. The molecule has 2 nitrogen and oxygen atoms in total. The summed E-state index contributed by atoms with van der Waals surface area (Å²) in [6, 6.07) is 4.72. The van der Waals surface area contributed by atoms with Crippen LogP contribution in [0.5, 0.6) is 0 Å². The number of carbonyl (C=O) groups is 1. The molecule has 0 saturated heterocycles. The van der Waals surface area contributed by atoms with Gasteiger partial charge in [0.25, 0.3) is 0 Å². The minimum absolute atomic E-state index is 0.0400. The lowest BCUT2D eigenvalue weighted by molar-refractivity contribution is -0.122. The first-order valence-electron chi connectivity index (χ1n) is 6.41. The predicted molar refractivity (Wildman–Crippen MR) is 79.2 cm³/mol. The Bertz CT molecular complexity index is 454. The quantitative estimate of drug-likeness (QED) is 0.877. The van der Waals surface area contributed by atoms with Gasteiger partial charge in [-0.15, -0.1) is 0 Å². The molecule has 0 aliphatic heterocycles. The zero-order valence-corrected chi connectivity index (χ0v) is 13.5. The average Bonchev–Trinajstić information content (AvgIpc) is 2.29. The van der Waals surface area contributed by atoms with E-state index in [9.17, 15) is 9.18 Å². The monoisotopic (exact) mass is 329 g/mol. The first-order chi connectivity index (χ1) is 8.70. The fraction of sp³-hybridized carbons (Fsp3) is 0.533. The predicted octanol–water partition coefficient (Wildman–Crippen LogP) is 4.28. The van der Waals surface area contributed by atoms with Crippen LogP contribution in [0.15, 0.2) is 22.7 Å². The summed E-state index contributed by atoms with van der Waals surface area (Å²) in [7, 11) is 0. The molecule has 0 heterocycles. The van der Waals surface area contributed by atoms with Gasteiger partial charge < -0.3 is 5.32 Å². The normalized spacial score (nSPS) is 13.2. The Hall–Kier alpha value is -0.900. The van der Waals surface area contributed by atoms with Crippen LogP contribution in [0.3, 0.4) is 0 Å². The van der Waals surface area contributed by atoms with Gasteiger partial charge in [0, 0.05) is 23.0 Å². The molecule has 1 N–H and O–H groups in total. The zero-order valence-electron chi connectivity index (χ0n) is 11.9. The van der Waals surface area contributed by atoms with E-state index in [1.165, 1.54) is 6.07 Å². The third-order valence-electron chi connectivity index (χ3n) is 3.45. The summed E-state index contributed by atoms with van der Waals surface area (Å²) in [5.41, 5.74) is 0.587. The van der Waals surface area contributed by atoms with Crippen LogP contribution in [0.1, 0.15) is 39.7 Å². The summed E-state index contributed by atoms with van der Waals surface area (Å²) in [6.45, 7) is 8.61. The van der Waals surface area contributed by atoms with Crippen LogP contribution in [0.25, 0.3) is 0 Å². The minimum Gasteiger partial charge on any atom is -0.352 e. The summed E-state index contributed by atoms with van der Waals surface area (Å²) in [5.74, 6) is -0.0611. The Morgan fingerprint density at radius 3 is 2.63 bits per heavy atom. The Kier molecular flexibility index (Phi) is 5.53. The highest BCUT2D eigenvalue weighted by atomic mass is 79.9. The molecule has 0 aliphatic carbocycles. The van der Waals surface area contributed by atoms with Crippen molar-refractivity contribution in [2.75, 3.05) is 0 Å². The largest absolute Gasteiger partial charge is 0.352 e. The molecule has 0 aromatic heterocycles. The number of hydrogen-bond donors (Lipinski definition) is 1. The van der Waals surface area contributed by atoms with Crippen LogP contribution < -0.4 is 5.32 Å². The zero-order chi connectivity index (χ0) is 14.6. The van der Waals surface area contributed by atoms with E-state index >= 15 is 0 Å². The highest BCUT2D eigenvalue weighted by molar-refractivity contribution is 9.10. The van der Waals surface area contributed by atoms with Gasteiger partial charge in [-0.3, -0.25) is 4.79 Å². The topological polar surface area (TPSA) is 29.1 Å². The van der Waals surface area contributed by atoms with Crippen LogP contribution in [0.4, 0.5) is 4.39 Å². The molecule has 4 heteroatoms. The van der Waals surface area contributed by atoms with Crippen molar-refractivity contribution < 1.29 is 9.18 Å². The molecule has 0 fully saturated rings. The maximum atomic E-state index is 13.5. The van der Waals surface area contributed by atoms with Gasteiger partial charge in [0.15, 0.2) is 0 Å². The number of hydrogen-bond acceptors (Lipinski definition) is 1. The summed E-state index contributed by atoms with van der Waals surface area (Å²) in [6.07, 6.45) is 0.457. The first-order valence-corrected chi connectivity index (χ1v) is 7.20. The van der Waals surface area contributed by atoms with E-state index in [2.05, 4.69) is 48.9 Å². The second kappa shape index (κ2) is 6.51. The van der Waals surface area contributed by atoms with Crippen LogP contribution in [-0.2, 0) is 11.3 Å². The molecule has 1 rings (SSSR count). The molecule has 0 spiro atoms. The van der Waals surface area contributed by atoms with Crippen molar-refractivity contribution in [1.29, 1.82) is 0 Å². The van der Waals surface area contributed by atoms with E-state index in [-0.39, 0.29) is 29.6 Å². The van der Waals surface area contributed by atoms with Crippen molar-refractivity contribution >= 4 is 21.8 Å². The molecule has 1 aromatic carbocycles. The Morgan fingerprint density at radius 2 is 2.05 bits per heavy atom. The Labute approximate surface area is 122 Å². The molecule has 106 valence electrons. The van der Waals surface area contributed by atoms with Crippen molar-refractivity contribution in [3.8, 4) is 0 Å². The van der Waals surface area contributed by atoms with Gasteiger partial charge in [0.05, 0.1) is 0 Å². The van der Waals surface area contributed by atoms with Gasteiger partial charge in [0.2, 0.25) is 5.91 Å². The minimum atomic E-state index is -0.299.